The molecule has 0 aromatic carbocycles. The van der Waals surface area contributed by atoms with Crippen LogP contribution in [0.1, 0.15) is 13.3 Å². The largest absolute Gasteiger partial charge is 0.343 e. The fourth-order valence-electron chi connectivity index (χ4n) is 2.01. The Morgan fingerprint density at radius 2 is 2.17 bits per heavy atom. The van der Waals surface area contributed by atoms with E-state index in [1.807, 2.05) is 4.90 Å². The maximum atomic E-state index is 11.1. The van der Waals surface area contributed by atoms with Crippen molar-refractivity contribution in [2.75, 3.05) is 13.1 Å². The molecule has 1 aliphatic carbocycles. The highest BCUT2D eigenvalue weighted by Gasteiger charge is 2.63. The molecule has 0 N–H and O–H groups in total. The van der Waals surface area contributed by atoms with Crippen LogP contribution in [-0.4, -0.2) is 27.1 Å². The fourth-order valence-corrected chi connectivity index (χ4v) is 3.77. The molecule has 0 spiro atoms. The lowest BCUT2D eigenvalue weighted by Gasteiger charge is -2.24. The van der Waals surface area contributed by atoms with Gasteiger partial charge in [-0.05, 0) is 12.3 Å². The molecule has 1 saturated heterocycles. The summed E-state index contributed by atoms with van der Waals surface area (Å²) >= 11 is 7.27. The number of carbonyl (C=O) groups is 1. The molecule has 12 heavy (non-hydrogen) atoms. The van der Waals surface area contributed by atoms with E-state index in [0.717, 1.165) is 25.4 Å². The van der Waals surface area contributed by atoms with Crippen molar-refractivity contribution < 1.29 is 4.79 Å². The van der Waals surface area contributed by atoms with Crippen LogP contribution in [0.3, 0.4) is 0 Å². The summed E-state index contributed by atoms with van der Waals surface area (Å²) in [5.74, 6) is 1.56. The average Bonchev–Trinajstić information content (AvgIpc) is 2.55. The zero-order chi connectivity index (χ0) is 8.93. The van der Waals surface area contributed by atoms with Gasteiger partial charge in [0, 0.05) is 25.9 Å². The van der Waals surface area contributed by atoms with Crippen LogP contribution >= 0.6 is 31.9 Å². The van der Waals surface area contributed by atoms with E-state index in [1.54, 1.807) is 6.92 Å². The number of nitrogens with zero attached hydrogens (tertiary/aromatic N) is 1. The van der Waals surface area contributed by atoms with E-state index in [9.17, 15) is 4.79 Å². The molecule has 1 aliphatic heterocycles. The standard InChI is InChI=1S/C8H11Br2NO/c1-5(12)11-3-2-6-7(4-11)8(6,9)10/h6-7H,2-4H2,1H3. The van der Waals surface area contributed by atoms with E-state index in [0.29, 0.717) is 5.92 Å². The second-order valence-electron chi connectivity index (χ2n) is 3.64. The number of halogens is 2. The summed E-state index contributed by atoms with van der Waals surface area (Å²) in [6.45, 7) is 3.48. The maximum absolute atomic E-state index is 11.1. The third kappa shape index (κ3) is 1.23. The first kappa shape index (κ1) is 9.00. The maximum Gasteiger partial charge on any atom is 0.219 e. The molecule has 68 valence electrons. The summed E-state index contributed by atoms with van der Waals surface area (Å²) in [6.07, 6.45) is 1.13. The number of hydrogen-bond donors (Lipinski definition) is 0. The first-order valence-corrected chi connectivity index (χ1v) is 5.75. The normalized spacial score (nSPS) is 37.4. The molecule has 2 atom stereocenters. The van der Waals surface area contributed by atoms with Crippen LogP contribution in [0.5, 0.6) is 0 Å². The van der Waals surface area contributed by atoms with Crippen LogP contribution in [0.25, 0.3) is 0 Å². The smallest absolute Gasteiger partial charge is 0.219 e. The van der Waals surface area contributed by atoms with Gasteiger partial charge in [0.1, 0.15) is 0 Å². The van der Waals surface area contributed by atoms with Crippen molar-refractivity contribution >= 4 is 37.8 Å². The lowest BCUT2D eigenvalue weighted by atomic mass is 10.1. The van der Waals surface area contributed by atoms with Gasteiger partial charge in [0.25, 0.3) is 0 Å². The lowest BCUT2D eigenvalue weighted by Crippen LogP contribution is -2.35. The van der Waals surface area contributed by atoms with Crippen LogP contribution in [0, 0.1) is 11.8 Å². The van der Waals surface area contributed by atoms with Gasteiger partial charge < -0.3 is 4.90 Å². The fraction of sp³-hybridized carbons (Fsp3) is 0.875. The number of piperidine rings is 1. The first-order valence-electron chi connectivity index (χ1n) is 4.17. The van der Waals surface area contributed by atoms with Crippen LogP contribution in [0.15, 0.2) is 0 Å². The number of likely N-dealkylation sites (tertiary alicyclic amines) is 1. The molecule has 1 amide bonds. The molecular formula is C8H11Br2NO. The van der Waals surface area contributed by atoms with Gasteiger partial charge in [-0.2, -0.15) is 0 Å². The number of fused-ring (bicyclic) bond motifs is 1. The second-order valence-corrected chi connectivity index (χ2v) is 7.33. The van der Waals surface area contributed by atoms with Crippen LogP contribution in [-0.2, 0) is 4.79 Å². The number of hydrogen-bond acceptors (Lipinski definition) is 1. The Bertz CT molecular complexity index is 229. The molecular weight excluding hydrogens is 286 g/mol. The highest BCUT2D eigenvalue weighted by atomic mass is 79.9. The first-order chi connectivity index (χ1) is 5.53. The molecule has 0 aromatic rings. The van der Waals surface area contributed by atoms with Gasteiger partial charge in [-0.1, -0.05) is 31.9 Å². The summed E-state index contributed by atoms with van der Waals surface area (Å²) in [5, 5.41) is 0. The van der Waals surface area contributed by atoms with Crippen molar-refractivity contribution in [3.63, 3.8) is 0 Å². The molecule has 0 bridgehead atoms. The highest BCUT2D eigenvalue weighted by Crippen LogP contribution is 2.64. The van der Waals surface area contributed by atoms with Gasteiger partial charge in [0.05, 0.1) is 3.23 Å². The van der Waals surface area contributed by atoms with E-state index in [1.165, 1.54) is 0 Å². The Kier molecular flexibility index (Phi) is 2.03. The van der Waals surface area contributed by atoms with Gasteiger partial charge in [0.15, 0.2) is 0 Å². The van der Waals surface area contributed by atoms with E-state index in [2.05, 4.69) is 31.9 Å². The Morgan fingerprint density at radius 3 is 2.67 bits per heavy atom. The molecule has 0 aromatic heterocycles. The molecule has 2 unspecified atom stereocenters. The third-order valence-corrected chi connectivity index (χ3v) is 5.29. The minimum Gasteiger partial charge on any atom is -0.343 e. The molecule has 2 nitrogen and oxygen atoms in total. The van der Waals surface area contributed by atoms with Gasteiger partial charge in [-0.3, -0.25) is 4.79 Å². The van der Waals surface area contributed by atoms with Crippen LogP contribution < -0.4 is 0 Å². The molecule has 0 radical (unpaired) electrons. The minimum atomic E-state index is 0.143. The number of carbonyl (C=O) groups excluding carboxylic acids is 1. The molecule has 1 saturated carbocycles. The van der Waals surface area contributed by atoms with E-state index in [-0.39, 0.29) is 9.14 Å². The Morgan fingerprint density at radius 1 is 1.50 bits per heavy atom. The van der Waals surface area contributed by atoms with Gasteiger partial charge in [-0.25, -0.2) is 0 Å². The monoisotopic (exact) mass is 295 g/mol. The Balaban J connectivity index is 2.01. The topological polar surface area (TPSA) is 20.3 Å². The van der Waals surface area contributed by atoms with Gasteiger partial charge >= 0.3 is 0 Å². The summed E-state index contributed by atoms with van der Waals surface area (Å²) in [6, 6.07) is 0. The lowest BCUT2D eigenvalue weighted by molar-refractivity contribution is -0.129. The van der Waals surface area contributed by atoms with E-state index < -0.39 is 0 Å². The van der Waals surface area contributed by atoms with Crippen LogP contribution in [0.2, 0.25) is 0 Å². The average molecular weight is 297 g/mol. The van der Waals surface area contributed by atoms with Crippen molar-refractivity contribution in [1.29, 1.82) is 0 Å². The number of alkyl halides is 2. The number of rotatable bonds is 0. The molecule has 1 heterocycles. The van der Waals surface area contributed by atoms with Gasteiger partial charge in [-0.15, -0.1) is 0 Å². The third-order valence-electron chi connectivity index (χ3n) is 2.94. The minimum absolute atomic E-state index is 0.143. The zero-order valence-corrected chi connectivity index (χ0v) is 10.1. The van der Waals surface area contributed by atoms with E-state index in [4.69, 9.17) is 0 Å². The molecule has 2 aliphatic rings. The molecule has 2 fully saturated rings. The summed E-state index contributed by atoms with van der Waals surface area (Å²) in [7, 11) is 0. The van der Waals surface area contributed by atoms with Crippen molar-refractivity contribution in [1.82, 2.24) is 4.90 Å². The summed E-state index contributed by atoms with van der Waals surface area (Å²) in [4.78, 5) is 13.0. The Hall–Kier alpha value is 0.430. The van der Waals surface area contributed by atoms with Crippen molar-refractivity contribution in [3.05, 3.63) is 0 Å². The summed E-state index contributed by atoms with van der Waals surface area (Å²) in [5.41, 5.74) is 0. The SMILES string of the molecule is CC(=O)N1CCC2C(C1)C2(Br)Br. The molecule has 2 rings (SSSR count). The Labute approximate surface area is 88.9 Å². The quantitative estimate of drug-likeness (QED) is 0.626. The zero-order valence-electron chi connectivity index (χ0n) is 6.89. The summed E-state index contributed by atoms with van der Waals surface area (Å²) < 4.78 is 0.143. The van der Waals surface area contributed by atoms with Crippen LogP contribution in [0.4, 0.5) is 0 Å². The van der Waals surface area contributed by atoms with Crippen molar-refractivity contribution in [2.24, 2.45) is 11.8 Å². The highest BCUT2D eigenvalue weighted by molar-refractivity contribution is 9.25. The predicted octanol–water partition coefficient (Wildman–Crippen LogP) is 1.97. The predicted molar refractivity (Wildman–Crippen MR) is 54.4 cm³/mol. The number of amides is 1. The van der Waals surface area contributed by atoms with Crippen molar-refractivity contribution in [3.8, 4) is 0 Å². The van der Waals surface area contributed by atoms with Crippen molar-refractivity contribution in [2.45, 2.75) is 16.6 Å². The second kappa shape index (κ2) is 2.71. The van der Waals surface area contributed by atoms with Gasteiger partial charge in [0.2, 0.25) is 5.91 Å². The molecule has 4 heteroatoms. The van der Waals surface area contributed by atoms with E-state index >= 15 is 0 Å².